The molecule has 0 bridgehead atoms. The van der Waals surface area contributed by atoms with Crippen LogP contribution in [0, 0.1) is 0 Å². The summed E-state index contributed by atoms with van der Waals surface area (Å²) in [5.41, 5.74) is -0.926. The molecule has 0 radical (unpaired) electrons. The van der Waals surface area contributed by atoms with Crippen LogP contribution in [0.1, 0.15) is 20.3 Å². The Hall–Kier alpha value is -3.63. The van der Waals surface area contributed by atoms with Gasteiger partial charge in [-0.2, -0.15) is 0 Å². The van der Waals surface area contributed by atoms with Crippen molar-refractivity contribution in [1.29, 1.82) is 0 Å². The van der Waals surface area contributed by atoms with Crippen molar-refractivity contribution in [3.63, 3.8) is 0 Å². The van der Waals surface area contributed by atoms with Crippen LogP contribution in [-0.2, 0) is 14.4 Å². The number of rotatable bonds is 12. The number of carboxylic acid groups (broad SMARTS) is 2. The highest BCUT2D eigenvalue weighted by Gasteiger charge is 2.33. The largest absolute Gasteiger partial charge is 0.491 e. The van der Waals surface area contributed by atoms with Crippen LogP contribution < -0.4 is 20.1 Å². The minimum Gasteiger partial charge on any atom is -0.491 e. The van der Waals surface area contributed by atoms with Crippen molar-refractivity contribution in [1.82, 2.24) is 10.6 Å². The second kappa shape index (κ2) is 15.3. The molecule has 0 aliphatic carbocycles. The first-order chi connectivity index (χ1) is 16.2. The third kappa shape index (κ3) is 11.3. The smallest absolute Gasteiger partial charge is 0.414 e. The standard InChI is InChI=1S/C22H30N2O4.C2H2O4/c1-3-22(2,28-20-12-8-5-9-13-20)21(26)24-15-14-23-16-18(25)17-27-19-10-6-4-7-11-19;3-1(4)2(5)6/h4-13,18,23,25H,3,14-17H2,1-2H3,(H,24,26);(H,3,4)(H,5,6). The van der Waals surface area contributed by atoms with E-state index in [0.29, 0.717) is 31.8 Å². The van der Waals surface area contributed by atoms with Gasteiger partial charge in [0.05, 0.1) is 0 Å². The van der Waals surface area contributed by atoms with E-state index < -0.39 is 23.6 Å². The van der Waals surface area contributed by atoms with Gasteiger partial charge < -0.3 is 35.4 Å². The van der Waals surface area contributed by atoms with Crippen molar-refractivity contribution in [3.05, 3.63) is 60.7 Å². The van der Waals surface area contributed by atoms with Gasteiger partial charge >= 0.3 is 11.9 Å². The Labute approximate surface area is 198 Å². The lowest BCUT2D eigenvalue weighted by atomic mass is 10.0. The molecule has 10 nitrogen and oxygen atoms in total. The fourth-order valence-corrected chi connectivity index (χ4v) is 2.52. The number of carbonyl (C=O) groups is 3. The van der Waals surface area contributed by atoms with Crippen LogP contribution in [0.2, 0.25) is 0 Å². The van der Waals surface area contributed by atoms with Crippen molar-refractivity contribution >= 4 is 17.8 Å². The fraction of sp³-hybridized carbons (Fsp3) is 0.375. The molecule has 0 heterocycles. The van der Waals surface area contributed by atoms with E-state index in [9.17, 15) is 9.90 Å². The first-order valence-electron chi connectivity index (χ1n) is 10.7. The molecule has 1 amide bonds. The topological polar surface area (TPSA) is 154 Å². The molecule has 0 saturated heterocycles. The highest BCUT2D eigenvalue weighted by molar-refractivity contribution is 6.27. The van der Waals surface area contributed by atoms with Crippen molar-refractivity contribution in [3.8, 4) is 11.5 Å². The van der Waals surface area contributed by atoms with Crippen LogP contribution in [0.15, 0.2) is 60.7 Å². The number of carboxylic acids is 2. The number of amides is 1. The van der Waals surface area contributed by atoms with Crippen molar-refractivity contribution in [2.45, 2.75) is 32.0 Å². The number of aliphatic hydroxyl groups excluding tert-OH is 1. The monoisotopic (exact) mass is 476 g/mol. The van der Waals surface area contributed by atoms with E-state index in [2.05, 4.69) is 10.6 Å². The molecule has 0 spiro atoms. The molecule has 10 heteroatoms. The zero-order chi connectivity index (χ0) is 25.4. The number of benzene rings is 2. The number of hydrogen-bond acceptors (Lipinski definition) is 7. The van der Waals surface area contributed by atoms with Crippen molar-refractivity contribution in [2.24, 2.45) is 0 Å². The van der Waals surface area contributed by atoms with Crippen LogP contribution >= 0.6 is 0 Å². The lowest BCUT2D eigenvalue weighted by Gasteiger charge is -2.28. The molecule has 0 fully saturated rings. The van der Waals surface area contributed by atoms with E-state index in [4.69, 9.17) is 29.3 Å². The SMILES string of the molecule is CCC(C)(Oc1ccccc1)C(=O)NCCNCC(O)COc1ccccc1.O=C(O)C(=O)O. The van der Waals surface area contributed by atoms with Gasteiger partial charge in [-0.25, -0.2) is 9.59 Å². The van der Waals surface area contributed by atoms with Gasteiger partial charge in [-0.15, -0.1) is 0 Å². The van der Waals surface area contributed by atoms with Crippen LogP contribution in [-0.4, -0.2) is 71.1 Å². The molecule has 2 rings (SSSR count). The summed E-state index contributed by atoms with van der Waals surface area (Å²) in [6.45, 7) is 5.28. The maximum atomic E-state index is 12.5. The second-order valence-electron chi connectivity index (χ2n) is 7.35. The van der Waals surface area contributed by atoms with Gasteiger partial charge in [-0.1, -0.05) is 43.3 Å². The number of carbonyl (C=O) groups excluding carboxylic acids is 1. The van der Waals surface area contributed by atoms with Gasteiger partial charge in [0.2, 0.25) is 0 Å². The van der Waals surface area contributed by atoms with Crippen LogP contribution in [0.3, 0.4) is 0 Å². The Morgan fingerprint density at radius 1 is 0.912 bits per heavy atom. The molecule has 2 unspecified atom stereocenters. The second-order valence-corrected chi connectivity index (χ2v) is 7.35. The molecule has 0 aliphatic heterocycles. The molecule has 186 valence electrons. The predicted molar refractivity (Wildman–Crippen MR) is 125 cm³/mol. The predicted octanol–water partition coefficient (Wildman–Crippen LogP) is 1.54. The number of nitrogens with one attached hydrogen (secondary N) is 2. The van der Waals surface area contributed by atoms with Crippen molar-refractivity contribution in [2.75, 3.05) is 26.2 Å². The average Bonchev–Trinajstić information content (AvgIpc) is 2.84. The van der Waals surface area contributed by atoms with Gasteiger partial charge in [0, 0.05) is 19.6 Å². The van der Waals surface area contributed by atoms with E-state index in [1.165, 1.54) is 0 Å². The summed E-state index contributed by atoms with van der Waals surface area (Å²) in [5.74, 6) is -2.41. The number of ether oxygens (including phenoxy) is 2. The minimum absolute atomic E-state index is 0.159. The lowest BCUT2D eigenvalue weighted by Crippen LogP contribution is -2.50. The first-order valence-corrected chi connectivity index (χ1v) is 10.7. The van der Waals surface area contributed by atoms with Crippen LogP contribution in [0.25, 0.3) is 0 Å². The van der Waals surface area contributed by atoms with Crippen LogP contribution in [0.4, 0.5) is 0 Å². The quantitative estimate of drug-likeness (QED) is 0.227. The summed E-state index contributed by atoms with van der Waals surface area (Å²) in [5, 5.41) is 30.7. The molecule has 0 aliphatic rings. The summed E-state index contributed by atoms with van der Waals surface area (Å²) in [6.07, 6.45) is -0.0744. The van der Waals surface area contributed by atoms with Gasteiger partial charge in [-0.3, -0.25) is 4.79 Å². The summed E-state index contributed by atoms with van der Waals surface area (Å²) >= 11 is 0. The number of para-hydroxylation sites is 2. The van der Waals surface area contributed by atoms with Gasteiger partial charge in [-0.05, 0) is 37.6 Å². The Bertz CT molecular complexity index is 867. The van der Waals surface area contributed by atoms with Crippen LogP contribution in [0.5, 0.6) is 11.5 Å². The minimum atomic E-state index is -1.82. The number of hydrogen-bond donors (Lipinski definition) is 5. The number of aliphatic carboxylic acids is 2. The fourth-order valence-electron chi connectivity index (χ4n) is 2.52. The molecular formula is C24H32N2O8. The maximum absolute atomic E-state index is 12.5. The Morgan fingerprint density at radius 2 is 1.44 bits per heavy atom. The van der Waals surface area contributed by atoms with E-state index in [0.717, 1.165) is 5.75 Å². The highest BCUT2D eigenvalue weighted by atomic mass is 16.5. The van der Waals surface area contributed by atoms with Gasteiger partial charge in [0.1, 0.15) is 24.2 Å². The third-order valence-corrected chi connectivity index (χ3v) is 4.58. The van der Waals surface area contributed by atoms with Crippen molar-refractivity contribution < 1.29 is 39.2 Å². The van der Waals surface area contributed by atoms with E-state index in [1.54, 1.807) is 6.92 Å². The number of aliphatic hydroxyl groups is 1. The average molecular weight is 477 g/mol. The lowest BCUT2D eigenvalue weighted by molar-refractivity contribution is -0.159. The Kier molecular flexibility index (Phi) is 12.7. The molecule has 0 aromatic heterocycles. The van der Waals surface area contributed by atoms with Gasteiger partial charge in [0.25, 0.3) is 5.91 Å². The Balaban J connectivity index is 0.000000852. The zero-order valence-corrected chi connectivity index (χ0v) is 19.3. The van der Waals surface area contributed by atoms with E-state index >= 15 is 0 Å². The molecule has 0 saturated carbocycles. The summed E-state index contributed by atoms with van der Waals surface area (Å²) in [4.78, 5) is 30.7. The summed E-state index contributed by atoms with van der Waals surface area (Å²) < 4.78 is 11.4. The molecule has 2 atom stereocenters. The molecule has 5 N–H and O–H groups in total. The normalized spacial score (nSPS) is 12.8. The maximum Gasteiger partial charge on any atom is 0.414 e. The highest BCUT2D eigenvalue weighted by Crippen LogP contribution is 2.21. The molecule has 2 aromatic rings. The first kappa shape index (κ1) is 28.4. The zero-order valence-electron chi connectivity index (χ0n) is 19.3. The summed E-state index contributed by atoms with van der Waals surface area (Å²) in [7, 11) is 0. The van der Waals surface area contributed by atoms with Gasteiger partial charge in [0.15, 0.2) is 5.60 Å². The summed E-state index contributed by atoms with van der Waals surface area (Å²) in [6, 6.07) is 18.7. The Morgan fingerprint density at radius 3 is 1.94 bits per heavy atom. The van der Waals surface area contributed by atoms with E-state index in [1.807, 2.05) is 67.6 Å². The molecule has 34 heavy (non-hydrogen) atoms. The van der Waals surface area contributed by atoms with E-state index in [-0.39, 0.29) is 12.5 Å². The third-order valence-electron chi connectivity index (χ3n) is 4.58. The molecule has 2 aromatic carbocycles. The molecular weight excluding hydrogens is 444 g/mol.